The maximum atomic E-state index is 13.7. The second kappa shape index (κ2) is 11.9. The molecule has 0 spiro atoms. The molecule has 1 amide bonds. The number of halogens is 1. The van der Waals surface area contributed by atoms with Gasteiger partial charge in [0.05, 0.1) is 39.5 Å². The topological polar surface area (TPSA) is 131 Å². The van der Waals surface area contributed by atoms with E-state index in [0.29, 0.717) is 21.0 Å². The van der Waals surface area contributed by atoms with Crippen LogP contribution in [0.15, 0.2) is 71.8 Å². The number of pyridine rings is 1. The van der Waals surface area contributed by atoms with Gasteiger partial charge in [-0.2, -0.15) is 14.8 Å². The van der Waals surface area contributed by atoms with Crippen molar-refractivity contribution in [3.63, 3.8) is 0 Å². The number of amides is 1. The first-order chi connectivity index (χ1) is 18.3. The van der Waals surface area contributed by atoms with E-state index in [1.54, 1.807) is 24.4 Å². The largest absolute Gasteiger partial charge is 0.278 e. The Morgan fingerprint density at radius 2 is 1.71 bits per heavy atom. The molecule has 0 N–H and O–H groups in total. The fourth-order valence-corrected chi connectivity index (χ4v) is 6.09. The molecule has 0 aliphatic carbocycles. The van der Waals surface area contributed by atoms with Gasteiger partial charge in [-0.05, 0) is 54.6 Å². The first-order valence-electron chi connectivity index (χ1n) is 11.5. The molecule has 0 saturated heterocycles. The number of fused-ring (bicyclic) bond motifs is 1. The average molecular weight is 549 g/mol. The van der Waals surface area contributed by atoms with Crippen molar-refractivity contribution < 1.29 is 17.6 Å². The Morgan fingerprint density at radius 1 is 1.00 bits per heavy atom. The molecule has 0 aliphatic heterocycles. The standard InChI is InChI=1S/C26H21FN6O3S2/c27-20-8-11-23-24(17-20)37-26(31-23)33(18-21-5-1-2-14-30-21)25(34)19-6-9-22(10-7-19)38(35,36)32(15-3-12-28)16-4-13-29/h1-2,5-11,14,17H,3-4,15-16,18H2. The minimum absolute atomic E-state index is 0.0181. The molecule has 0 aliphatic rings. The van der Waals surface area contributed by atoms with E-state index in [1.807, 2.05) is 12.1 Å². The van der Waals surface area contributed by atoms with Crippen LogP contribution in [0.2, 0.25) is 0 Å². The van der Waals surface area contributed by atoms with Crippen molar-refractivity contribution in [2.75, 3.05) is 18.0 Å². The number of nitriles is 2. The van der Waals surface area contributed by atoms with E-state index in [1.165, 1.54) is 47.4 Å². The van der Waals surface area contributed by atoms with Gasteiger partial charge in [-0.3, -0.25) is 14.7 Å². The maximum Gasteiger partial charge on any atom is 0.260 e. The van der Waals surface area contributed by atoms with Gasteiger partial charge in [-0.1, -0.05) is 17.4 Å². The van der Waals surface area contributed by atoms with Crippen LogP contribution in [0.1, 0.15) is 28.9 Å². The van der Waals surface area contributed by atoms with Gasteiger partial charge in [-0.25, -0.2) is 17.8 Å². The highest BCUT2D eigenvalue weighted by atomic mass is 32.2. The molecule has 2 aromatic heterocycles. The van der Waals surface area contributed by atoms with Crippen molar-refractivity contribution in [3.8, 4) is 12.1 Å². The number of nitrogens with zero attached hydrogens (tertiary/aromatic N) is 6. The number of hydrogen-bond acceptors (Lipinski definition) is 8. The highest BCUT2D eigenvalue weighted by Gasteiger charge is 2.26. The lowest BCUT2D eigenvalue weighted by Crippen LogP contribution is -2.33. The highest BCUT2D eigenvalue weighted by molar-refractivity contribution is 7.89. The first kappa shape index (κ1) is 26.8. The molecular formula is C26H21FN6O3S2. The molecule has 0 atom stereocenters. The van der Waals surface area contributed by atoms with Crippen LogP contribution in [0.25, 0.3) is 10.2 Å². The summed E-state index contributed by atoms with van der Waals surface area (Å²) >= 11 is 1.16. The quantitative estimate of drug-likeness (QED) is 0.285. The van der Waals surface area contributed by atoms with Crippen molar-refractivity contribution in [2.45, 2.75) is 24.3 Å². The summed E-state index contributed by atoms with van der Waals surface area (Å²) < 4.78 is 41.6. The summed E-state index contributed by atoms with van der Waals surface area (Å²) in [7, 11) is -3.98. The summed E-state index contributed by atoms with van der Waals surface area (Å²) in [6, 6.07) is 18.8. The van der Waals surface area contributed by atoms with Crippen molar-refractivity contribution in [2.24, 2.45) is 0 Å². The Morgan fingerprint density at radius 3 is 2.34 bits per heavy atom. The number of carbonyl (C=O) groups excluding carboxylic acids is 1. The van der Waals surface area contributed by atoms with Gasteiger partial charge < -0.3 is 0 Å². The van der Waals surface area contributed by atoms with E-state index in [2.05, 4.69) is 9.97 Å². The van der Waals surface area contributed by atoms with Crippen LogP contribution < -0.4 is 4.90 Å². The summed E-state index contributed by atoms with van der Waals surface area (Å²) in [6.45, 7) is 0.00657. The monoisotopic (exact) mass is 548 g/mol. The van der Waals surface area contributed by atoms with Crippen LogP contribution in [0.4, 0.5) is 9.52 Å². The first-order valence-corrected chi connectivity index (χ1v) is 13.7. The van der Waals surface area contributed by atoms with Crippen LogP contribution in [0.5, 0.6) is 0 Å². The molecule has 38 heavy (non-hydrogen) atoms. The molecular weight excluding hydrogens is 527 g/mol. The normalized spacial score (nSPS) is 11.3. The van der Waals surface area contributed by atoms with Crippen LogP contribution in [0, 0.1) is 28.5 Å². The summed E-state index contributed by atoms with van der Waals surface area (Å²) in [5.41, 5.74) is 1.36. The van der Waals surface area contributed by atoms with Crippen molar-refractivity contribution >= 4 is 42.6 Å². The van der Waals surface area contributed by atoms with E-state index in [9.17, 15) is 17.6 Å². The minimum atomic E-state index is -3.98. The van der Waals surface area contributed by atoms with Crippen LogP contribution in [-0.2, 0) is 16.6 Å². The van der Waals surface area contributed by atoms with E-state index in [0.717, 1.165) is 15.6 Å². The number of rotatable bonds is 10. The zero-order valence-electron chi connectivity index (χ0n) is 20.0. The number of hydrogen-bond donors (Lipinski definition) is 0. The van der Waals surface area contributed by atoms with Crippen LogP contribution in [0.3, 0.4) is 0 Å². The number of sulfonamides is 1. The molecule has 0 unspecified atom stereocenters. The number of aromatic nitrogens is 2. The molecule has 12 heteroatoms. The van der Waals surface area contributed by atoms with E-state index in [4.69, 9.17) is 10.5 Å². The summed E-state index contributed by atoms with van der Waals surface area (Å²) in [5, 5.41) is 18.1. The minimum Gasteiger partial charge on any atom is -0.278 e. The zero-order chi connectivity index (χ0) is 27.1. The van der Waals surface area contributed by atoms with Gasteiger partial charge >= 0.3 is 0 Å². The third-order valence-electron chi connectivity index (χ3n) is 5.55. The Bertz CT molecular complexity index is 1610. The van der Waals surface area contributed by atoms with Crippen LogP contribution in [-0.4, -0.2) is 41.7 Å². The lowest BCUT2D eigenvalue weighted by molar-refractivity contribution is 0.0984. The Balaban J connectivity index is 1.66. The average Bonchev–Trinajstić information content (AvgIpc) is 3.35. The van der Waals surface area contributed by atoms with Crippen molar-refractivity contribution in [1.82, 2.24) is 14.3 Å². The maximum absolute atomic E-state index is 13.7. The lowest BCUT2D eigenvalue weighted by Gasteiger charge is -2.21. The number of carbonyl (C=O) groups is 1. The number of benzene rings is 2. The molecule has 2 aromatic carbocycles. The fraction of sp³-hybridized carbons (Fsp3) is 0.192. The van der Waals surface area contributed by atoms with Gasteiger partial charge in [0, 0.05) is 37.7 Å². The number of anilines is 1. The Labute approximate surface area is 223 Å². The SMILES string of the molecule is N#CCCN(CCC#N)S(=O)(=O)c1ccc(C(=O)N(Cc2ccccn2)c2nc3ccc(F)cc3s2)cc1. The summed E-state index contributed by atoms with van der Waals surface area (Å²) in [4.78, 5) is 23.8. The lowest BCUT2D eigenvalue weighted by atomic mass is 10.2. The molecule has 0 saturated carbocycles. The van der Waals surface area contributed by atoms with E-state index >= 15 is 0 Å². The molecule has 0 bridgehead atoms. The Kier molecular flexibility index (Phi) is 8.38. The third kappa shape index (κ3) is 6.01. The predicted octanol–water partition coefficient (Wildman–Crippen LogP) is 4.50. The molecule has 4 aromatic rings. The smallest absolute Gasteiger partial charge is 0.260 e. The zero-order valence-corrected chi connectivity index (χ0v) is 21.6. The van der Waals surface area contributed by atoms with Gasteiger partial charge in [0.25, 0.3) is 5.91 Å². The molecule has 0 fully saturated rings. The van der Waals surface area contributed by atoms with Gasteiger partial charge in [-0.15, -0.1) is 0 Å². The van der Waals surface area contributed by atoms with Gasteiger partial charge in [0.2, 0.25) is 10.0 Å². The third-order valence-corrected chi connectivity index (χ3v) is 8.50. The predicted molar refractivity (Wildman–Crippen MR) is 140 cm³/mol. The second-order valence-electron chi connectivity index (χ2n) is 8.07. The summed E-state index contributed by atoms with van der Waals surface area (Å²) in [6.07, 6.45) is 1.57. The number of thiazole rings is 1. The van der Waals surface area contributed by atoms with Gasteiger partial charge in [0.1, 0.15) is 5.82 Å². The fourth-order valence-electron chi connectivity index (χ4n) is 3.66. The molecule has 4 rings (SSSR count). The van der Waals surface area contributed by atoms with E-state index < -0.39 is 21.7 Å². The van der Waals surface area contributed by atoms with Crippen LogP contribution >= 0.6 is 11.3 Å². The van der Waals surface area contributed by atoms with Crippen molar-refractivity contribution in [3.05, 3.63) is 83.9 Å². The molecule has 9 nitrogen and oxygen atoms in total. The van der Waals surface area contributed by atoms with Gasteiger partial charge in [0.15, 0.2) is 5.13 Å². The highest BCUT2D eigenvalue weighted by Crippen LogP contribution is 2.31. The van der Waals surface area contributed by atoms with Crippen molar-refractivity contribution in [1.29, 1.82) is 10.5 Å². The molecule has 2 heterocycles. The molecule has 0 radical (unpaired) electrons. The Hall–Kier alpha value is -4.23. The second-order valence-corrected chi connectivity index (χ2v) is 11.0. The van der Waals surface area contributed by atoms with E-state index in [-0.39, 0.29) is 42.9 Å². The molecule has 192 valence electrons. The summed E-state index contributed by atoms with van der Waals surface area (Å²) in [5.74, 6) is -0.851.